The summed E-state index contributed by atoms with van der Waals surface area (Å²) in [5.41, 5.74) is 2.57. The number of carbonyl (C=O) groups excluding carboxylic acids is 2. The van der Waals surface area contributed by atoms with E-state index in [2.05, 4.69) is 10.6 Å². The third-order valence-electron chi connectivity index (χ3n) is 4.22. The van der Waals surface area contributed by atoms with Gasteiger partial charge in [-0.05, 0) is 43.8 Å². The Morgan fingerprint density at radius 3 is 2.27 bits per heavy atom. The molecule has 0 aliphatic heterocycles. The van der Waals surface area contributed by atoms with E-state index in [1.165, 1.54) is 0 Å². The molecule has 2 rings (SSSR count). The first kappa shape index (κ1) is 19.7. The normalized spacial score (nSPS) is 11.7. The predicted octanol–water partition coefficient (Wildman–Crippen LogP) is 3.08. The van der Waals surface area contributed by atoms with E-state index in [-0.39, 0.29) is 17.7 Å². The van der Waals surface area contributed by atoms with Gasteiger partial charge in [0.2, 0.25) is 11.8 Å². The molecular weight excluding hydrogens is 326 g/mol. The lowest BCUT2D eigenvalue weighted by atomic mass is 10.1. The number of nitrogens with zero attached hydrogens (tertiary/aromatic N) is 1. The van der Waals surface area contributed by atoms with Gasteiger partial charge in [-0.3, -0.25) is 9.59 Å². The first-order valence-electron chi connectivity index (χ1n) is 8.95. The van der Waals surface area contributed by atoms with Crippen LogP contribution in [0.3, 0.4) is 0 Å². The number of likely N-dealkylation sites (N-methyl/N-ethyl adjacent to an activating group) is 1. The Labute approximate surface area is 155 Å². The van der Waals surface area contributed by atoms with Crippen LogP contribution in [0, 0.1) is 5.92 Å². The molecule has 2 aromatic carbocycles. The van der Waals surface area contributed by atoms with Crippen molar-refractivity contribution in [2.45, 2.75) is 20.3 Å². The van der Waals surface area contributed by atoms with Gasteiger partial charge in [0.1, 0.15) is 0 Å². The van der Waals surface area contributed by atoms with Crippen molar-refractivity contribution in [3.63, 3.8) is 0 Å². The quantitative estimate of drug-likeness (QED) is 0.767. The number of amides is 2. The summed E-state index contributed by atoms with van der Waals surface area (Å²) in [5, 5.41) is 5.88. The van der Waals surface area contributed by atoms with Gasteiger partial charge < -0.3 is 15.5 Å². The molecule has 0 saturated heterocycles. The highest BCUT2D eigenvalue weighted by atomic mass is 16.2. The number of para-hydroxylation sites is 1. The van der Waals surface area contributed by atoms with E-state index in [9.17, 15) is 9.59 Å². The SMILES string of the molecule is CCN(C(=O)Cc1ccc(NC(=O)C(C)CNC)cc1)c1ccccc1. The van der Waals surface area contributed by atoms with Crippen molar-refractivity contribution in [3.05, 3.63) is 60.2 Å². The molecule has 138 valence electrons. The maximum atomic E-state index is 12.6. The number of rotatable bonds is 8. The highest BCUT2D eigenvalue weighted by molar-refractivity contribution is 5.95. The van der Waals surface area contributed by atoms with E-state index in [4.69, 9.17) is 0 Å². The smallest absolute Gasteiger partial charge is 0.231 e. The molecule has 0 aromatic heterocycles. The summed E-state index contributed by atoms with van der Waals surface area (Å²) in [6.07, 6.45) is 0.327. The van der Waals surface area contributed by atoms with E-state index >= 15 is 0 Å². The van der Waals surface area contributed by atoms with Crippen LogP contribution in [0.1, 0.15) is 19.4 Å². The van der Waals surface area contributed by atoms with Gasteiger partial charge in [-0.15, -0.1) is 0 Å². The van der Waals surface area contributed by atoms with Gasteiger partial charge in [0, 0.05) is 30.4 Å². The molecular formula is C21H27N3O2. The van der Waals surface area contributed by atoms with Crippen molar-refractivity contribution in [1.82, 2.24) is 5.32 Å². The maximum Gasteiger partial charge on any atom is 0.231 e. The predicted molar refractivity (Wildman–Crippen MR) is 106 cm³/mol. The first-order chi connectivity index (χ1) is 12.5. The molecule has 26 heavy (non-hydrogen) atoms. The van der Waals surface area contributed by atoms with E-state index in [1.807, 2.05) is 75.5 Å². The molecule has 0 saturated carbocycles. The number of nitrogens with one attached hydrogen (secondary N) is 2. The standard InChI is InChI=1S/C21H27N3O2/c1-4-24(19-8-6-5-7-9-19)20(25)14-17-10-12-18(13-11-17)23-21(26)16(2)15-22-3/h5-13,16,22H,4,14-15H2,1-3H3,(H,23,26). The Balaban J connectivity index is 1.98. The Morgan fingerprint density at radius 2 is 1.69 bits per heavy atom. The molecule has 0 heterocycles. The molecule has 0 fully saturated rings. The summed E-state index contributed by atoms with van der Waals surface area (Å²) in [4.78, 5) is 26.4. The third-order valence-corrected chi connectivity index (χ3v) is 4.22. The summed E-state index contributed by atoms with van der Waals surface area (Å²) in [7, 11) is 1.82. The van der Waals surface area contributed by atoms with Crippen molar-refractivity contribution < 1.29 is 9.59 Å². The van der Waals surface area contributed by atoms with Crippen LogP contribution in [-0.2, 0) is 16.0 Å². The van der Waals surface area contributed by atoms with Crippen LogP contribution in [0.15, 0.2) is 54.6 Å². The second kappa shape index (κ2) is 9.73. The van der Waals surface area contributed by atoms with E-state index < -0.39 is 0 Å². The molecule has 2 amide bonds. The molecule has 1 atom stereocenters. The van der Waals surface area contributed by atoms with Crippen molar-refractivity contribution >= 4 is 23.2 Å². The highest BCUT2D eigenvalue weighted by Crippen LogP contribution is 2.16. The van der Waals surface area contributed by atoms with Crippen LogP contribution >= 0.6 is 0 Å². The molecule has 2 aromatic rings. The van der Waals surface area contributed by atoms with Crippen LogP contribution in [0.5, 0.6) is 0 Å². The topological polar surface area (TPSA) is 61.4 Å². The van der Waals surface area contributed by atoms with Crippen molar-refractivity contribution in [2.24, 2.45) is 5.92 Å². The van der Waals surface area contributed by atoms with Gasteiger partial charge in [-0.2, -0.15) is 0 Å². The molecule has 0 bridgehead atoms. The average Bonchev–Trinajstić information content (AvgIpc) is 2.65. The zero-order chi connectivity index (χ0) is 18.9. The number of carbonyl (C=O) groups is 2. The Morgan fingerprint density at radius 1 is 1.04 bits per heavy atom. The number of benzene rings is 2. The van der Waals surface area contributed by atoms with Crippen molar-refractivity contribution in [2.75, 3.05) is 30.4 Å². The Bertz CT molecular complexity index is 714. The number of anilines is 2. The fourth-order valence-corrected chi connectivity index (χ4v) is 2.75. The third kappa shape index (κ3) is 5.43. The second-order valence-corrected chi connectivity index (χ2v) is 6.30. The van der Waals surface area contributed by atoms with Gasteiger partial charge in [0.25, 0.3) is 0 Å². The molecule has 5 nitrogen and oxygen atoms in total. The number of hydrogen-bond donors (Lipinski definition) is 2. The lowest BCUT2D eigenvalue weighted by Crippen LogP contribution is -2.31. The molecule has 0 radical (unpaired) electrons. The first-order valence-corrected chi connectivity index (χ1v) is 8.95. The van der Waals surface area contributed by atoms with E-state index in [0.29, 0.717) is 19.5 Å². The fraction of sp³-hybridized carbons (Fsp3) is 0.333. The van der Waals surface area contributed by atoms with Gasteiger partial charge in [-0.25, -0.2) is 0 Å². The molecule has 1 unspecified atom stereocenters. The lowest BCUT2D eigenvalue weighted by Gasteiger charge is -2.21. The van der Waals surface area contributed by atoms with Gasteiger partial charge in [-0.1, -0.05) is 37.3 Å². The average molecular weight is 353 g/mol. The fourth-order valence-electron chi connectivity index (χ4n) is 2.75. The van der Waals surface area contributed by atoms with E-state index in [0.717, 1.165) is 16.9 Å². The minimum absolute atomic E-state index is 0.0237. The summed E-state index contributed by atoms with van der Waals surface area (Å²) in [6, 6.07) is 17.1. The molecule has 0 spiro atoms. The zero-order valence-corrected chi connectivity index (χ0v) is 15.7. The van der Waals surface area contributed by atoms with Crippen molar-refractivity contribution in [1.29, 1.82) is 0 Å². The van der Waals surface area contributed by atoms with Crippen LogP contribution in [0.2, 0.25) is 0 Å². The summed E-state index contributed by atoms with van der Waals surface area (Å²) in [6.45, 7) is 5.10. The zero-order valence-electron chi connectivity index (χ0n) is 15.7. The summed E-state index contributed by atoms with van der Waals surface area (Å²) in [5.74, 6) is -0.0761. The van der Waals surface area contributed by atoms with Crippen molar-refractivity contribution in [3.8, 4) is 0 Å². The Hall–Kier alpha value is -2.66. The van der Waals surface area contributed by atoms with Crippen LogP contribution < -0.4 is 15.5 Å². The molecule has 2 N–H and O–H groups in total. The lowest BCUT2D eigenvalue weighted by molar-refractivity contribution is -0.119. The van der Waals surface area contributed by atoms with E-state index in [1.54, 1.807) is 4.90 Å². The summed E-state index contributed by atoms with van der Waals surface area (Å²) >= 11 is 0. The van der Waals surface area contributed by atoms with Crippen LogP contribution in [0.25, 0.3) is 0 Å². The molecule has 5 heteroatoms. The monoisotopic (exact) mass is 353 g/mol. The maximum absolute atomic E-state index is 12.6. The highest BCUT2D eigenvalue weighted by Gasteiger charge is 2.15. The van der Waals surface area contributed by atoms with Gasteiger partial charge in [0.15, 0.2) is 0 Å². The number of hydrogen-bond acceptors (Lipinski definition) is 3. The molecule has 0 aliphatic carbocycles. The van der Waals surface area contributed by atoms with Crippen LogP contribution in [-0.4, -0.2) is 32.0 Å². The second-order valence-electron chi connectivity index (χ2n) is 6.30. The molecule has 0 aliphatic rings. The minimum atomic E-state index is -0.106. The largest absolute Gasteiger partial charge is 0.326 e. The van der Waals surface area contributed by atoms with Crippen LogP contribution in [0.4, 0.5) is 11.4 Å². The Kier molecular flexibility index (Phi) is 7.36. The minimum Gasteiger partial charge on any atom is -0.326 e. The summed E-state index contributed by atoms with van der Waals surface area (Å²) < 4.78 is 0. The van der Waals surface area contributed by atoms with Gasteiger partial charge >= 0.3 is 0 Å². The van der Waals surface area contributed by atoms with Gasteiger partial charge in [0.05, 0.1) is 6.42 Å².